The van der Waals surface area contributed by atoms with Crippen molar-refractivity contribution in [1.82, 2.24) is 15.3 Å². The van der Waals surface area contributed by atoms with E-state index in [1.807, 2.05) is 0 Å². The van der Waals surface area contributed by atoms with Crippen LogP contribution >= 0.6 is 15.9 Å². The normalized spacial score (nSPS) is 16.7. The van der Waals surface area contributed by atoms with Gasteiger partial charge in [0.05, 0.1) is 4.47 Å². The van der Waals surface area contributed by atoms with Crippen molar-refractivity contribution in [2.75, 3.05) is 30.8 Å². The number of hydrogen-bond acceptors (Lipinski definition) is 5. The molecule has 2 rings (SSSR count). The third kappa shape index (κ3) is 2.72. The summed E-state index contributed by atoms with van der Waals surface area (Å²) >= 11 is 3.42. The Balaban J connectivity index is 2.05. The molecule has 0 atom stereocenters. The Bertz CT molecular complexity index is 445. The van der Waals surface area contributed by atoms with Crippen LogP contribution in [0.4, 0.5) is 11.8 Å². The first-order valence-electron chi connectivity index (χ1n) is 5.86. The molecule has 6 nitrogen and oxygen atoms in total. The average molecular weight is 314 g/mol. The molecule has 0 spiro atoms. The predicted molar refractivity (Wildman–Crippen MR) is 73.1 cm³/mol. The molecule has 3 N–H and O–H groups in total. The number of piperidine rings is 1. The summed E-state index contributed by atoms with van der Waals surface area (Å²) in [6, 6.07) is 0. The van der Waals surface area contributed by atoms with Crippen molar-refractivity contribution in [3.05, 3.63) is 10.7 Å². The quantitative estimate of drug-likeness (QED) is 0.843. The molecule has 2 heterocycles. The number of aromatic nitrogens is 2. The zero-order chi connectivity index (χ0) is 13.1. The van der Waals surface area contributed by atoms with Crippen molar-refractivity contribution < 1.29 is 4.79 Å². The number of rotatable bonds is 2. The van der Waals surface area contributed by atoms with Gasteiger partial charge in [0.1, 0.15) is 5.82 Å². The minimum Gasteiger partial charge on any atom is -0.368 e. The van der Waals surface area contributed by atoms with Crippen LogP contribution in [0.5, 0.6) is 0 Å². The Hall–Kier alpha value is -1.37. The Morgan fingerprint density at radius 2 is 2.22 bits per heavy atom. The molecular weight excluding hydrogens is 298 g/mol. The Labute approximate surface area is 114 Å². The fraction of sp³-hybridized carbons (Fsp3) is 0.545. The van der Waals surface area contributed by atoms with E-state index >= 15 is 0 Å². The number of halogens is 1. The van der Waals surface area contributed by atoms with E-state index in [-0.39, 0.29) is 17.8 Å². The zero-order valence-electron chi connectivity index (χ0n) is 10.2. The molecule has 1 amide bonds. The molecule has 1 aliphatic heterocycles. The minimum atomic E-state index is 0.101. The summed E-state index contributed by atoms with van der Waals surface area (Å²) in [4.78, 5) is 21.8. The van der Waals surface area contributed by atoms with Gasteiger partial charge in [0.2, 0.25) is 11.9 Å². The molecule has 0 saturated carbocycles. The molecule has 0 bridgehead atoms. The molecule has 1 saturated heterocycles. The highest BCUT2D eigenvalue weighted by atomic mass is 79.9. The number of nitrogens with two attached hydrogens (primary N) is 1. The number of carbonyl (C=O) groups is 1. The van der Waals surface area contributed by atoms with Crippen molar-refractivity contribution in [2.45, 2.75) is 12.8 Å². The van der Waals surface area contributed by atoms with Gasteiger partial charge in [0.15, 0.2) is 0 Å². The lowest BCUT2D eigenvalue weighted by atomic mass is 9.96. The third-order valence-corrected chi connectivity index (χ3v) is 3.72. The number of anilines is 2. The van der Waals surface area contributed by atoms with Crippen LogP contribution < -0.4 is 16.0 Å². The van der Waals surface area contributed by atoms with Crippen molar-refractivity contribution in [1.29, 1.82) is 0 Å². The fourth-order valence-electron chi connectivity index (χ4n) is 2.15. The van der Waals surface area contributed by atoms with Gasteiger partial charge in [-0.25, -0.2) is 4.98 Å². The van der Waals surface area contributed by atoms with Crippen LogP contribution in [0.1, 0.15) is 12.8 Å². The summed E-state index contributed by atoms with van der Waals surface area (Å²) in [6.45, 7) is 1.60. The van der Waals surface area contributed by atoms with Gasteiger partial charge in [0.25, 0.3) is 0 Å². The van der Waals surface area contributed by atoms with Crippen LogP contribution in [0.15, 0.2) is 10.7 Å². The van der Waals surface area contributed by atoms with Gasteiger partial charge in [-0.05, 0) is 28.8 Å². The maximum atomic E-state index is 11.5. The van der Waals surface area contributed by atoms with Crippen molar-refractivity contribution in [3.8, 4) is 0 Å². The molecule has 1 fully saturated rings. The summed E-state index contributed by atoms with van der Waals surface area (Å²) in [6.07, 6.45) is 3.31. The van der Waals surface area contributed by atoms with E-state index in [2.05, 4.69) is 36.1 Å². The molecule has 0 aliphatic carbocycles. The summed E-state index contributed by atoms with van der Waals surface area (Å²) < 4.78 is 0.829. The summed E-state index contributed by atoms with van der Waals surface area (Å²) in [5.74, 6) is 1.29. The predicted octanol–water partition coefficient (Wildman–Crippen LogP) is 0.784. The average Bonchev–Trinajstić information content (AvgIpc) is 2.41. The van der Waals surface area contributed by atoms with Crippen LogP contribution in [-0.4, -0.2) is 36.0 Å². The van der Waals surface area contributed by atoms with Gasteiger partial charge in [-0.3, -0.25) is 4.79 Å². The Kier molecular flexibility index (Phi) is 4.00. The summed E-state index contributed by atoms with van der Waals surface area (Å²) in [7, 11) is 1.68. The highest BCUT2D eigenvalue weighted by Crippen LogP contribution is 2.28. The molecule has 0 radical (unpaired) electrons. The van der Waals surface area contributed by atoms with E-state index in [1.165, 1.54) is 0 Å². The second-order valence-corrected chi connectivity index (χ2v) is 5.13. The Morgan fingerprint density at radius 3 is 2.83 bits per heavy atom. The first-order chi connectivity index (χ1) is 8.61. The number of amides is 1. The maximum Gasteiger partial charge on any atom is 0.222 e. The molecule has 7 heteroatoms. The van der Waals surface area contributed by atoms with Gasteiger partial charge in [-0.2, -0.15) is 4.98 Å². The van der Waals surface area contributed by atoms with E-state index < -0.39 is 0 Å². The van der Waals surface area contributed by atoms with E-state index in [0.717, 1.165) is 36.2 Å². The smallest absolute Gasteiger partial charge is 0.222 e. The van der Waals surface area contributed by atoms with Crippen LogP contribution in [0, 0.1) is 5.92 Å². The topological polar surface area (TPSA) is 84.1 Å². The SMILES string of the molecule is CNC(=O)C1CCN(c2nc(N)ncc2Br)CC1. The first kappa shape index (κ1) is 13.1. The van der Waals surface area contributed by atoms with E-state index in [4.69, 9.17) is 5.73 Å². The van der Waals surface area contributed by atoms with Gasteiger partial charge in [0, 0.05) is 32.3 Å². The van der Waals surface area contributed by atoms with Crippen molar-refractivity contribution in [3.63, 3.8) is 0 Å². The maximum absolute atomic E-state index is 11.5. The number of hydrogen-bond donors (Lipinski definition) is 2. The third-order valence-electron chi connectivity index (χ3n) is 3.16. The lowest BCUT2D eigenvalue weighted by Crippen LogP contribution is -2.40. The number of nitrogens with one attached hydrogen (secondary N) is 1. The standard InChI is InChI=1S/C11H16BrN5O/c1-14-10(18)7-2-4-17(5-3-7)9-8(12)6-15-11(13)16-9/h6-7H,2-5H2,1H3,(H,14,18)(H2,13,15,16). The number of nitrogen functional groups attached to an aromatic ring is 1. The van der Waals surface area contributed by atoms with Crippen LogP contribution in [0.2, 0.25) is 0 Å². The van der Waals surface area contributed by atoms with Crippen LogP contribution in [-0.2, 0) is 4.79 Å². The van der Waals surface area contributed by atoms with Crippen molar-refractivity contribution >= 4 is 33.6 Å². The van der Waals surface area contributed by atoms with E-state index in [1.54, 1.807) is 13.2 Å². The summed E-state index contributed by atoms with van der Waals surface area (Å²) in [5.41, 5.74) is 5.60. The molecule has 0 aromatic carbocycles. The summed E-state index contributed by atoms with van der Waals surface area (Å²) in [5, 5.41) is 2.70. The molecule has 1 aromatic heterocycles. The lowest BCUT2D eigenvalue weighted by molar-refractivity contribution is -0.125. The van der Waals surface area contributed by atoms with Gasteiger partial charge in [-0.1, -0.05) is 0 Å². The Morgan fingerprint density at radius 1 is 1.56 bits per heavy atom. The first-order valence-corrected chi connectivity index (χ1v) is 6.65. The van der Waals surface area contributed by atoms with Gasteiger partial charge in [-0.15, -0.1) is 0 Å². The lowest BCUT2D eigenvalue weighted by Gasteiger charge is -2.32. The number of carbonyl (C=O) groups excluding carboxylic acids is 1. The molecule has 1 aliphatic rings. The molecule has 98 valence electrons. The molecule has 18 heavy (non-hydrogen) atoms. The van der Waals surface area contributed by atoms with Gasteiger partial charge >= 0.3 is 0 Å². The van der Waals surface area contributed by atoms with Crippen LogP contribution in [0.3, 0.4) is 0 Å². The largest absolute Gasteiger partial charge is 0.368 e. The van der Waals surface area contributed by atoms with Crippen molar-refractivity contribution in [2.24, 2.45) is 5.92 Å². The molecule has 0 unspecified atom stereocenters. The van der Waals surface area contributed by atoms with E-state index in [0.29, 0.717) is 0 Å². The molecular formula is C11H16BrN5O. The highest BCUT2D eigenvalue weighted by molar-refractivity contribution is 9.10. The zero-order valence-corrected chi connectivity index (χ0v) is 11.8. The molecule has 1 aromatic rings. The number of nitrogens with zero attached hydrogens (tertiary/aromatic N) is 3. The second-order valence-electron chi connectivity index (χ2n) is 4.28. The second kappa shape index (κ2) is 5.51. The minimum absolute atomic E-state index is 0.101. The van der Waals surface area contributed by atoms with Gasteiger partial charge < -0.3 is 16.0 Å². The van der Waals surface area contributed by atoms with Crippen LogP contribution in [0.25, 0.3) is 0 Å². The van der Waals surface area contributed by atoms with E-state index in [9.17, 15) is 4.79 Å². The fourth-order valence-corrected chi connectivity index (χ4v) is 2.59. The monoisotopic (exact) mass is 313 g/mol. The highest BCUT2D eigenvalue weighted by Gasteiger charge is 2.25.